The number of carbonyl (C=O) groups is 14. The normalized spacial score (nSPS) is 13.8. The van der Waals surface area contributed by atoms with Crippen molar-refractivity contribution in [3.63, 3.8) is 0 Å². The van der Waals surface area contributed by atoms with Crippen molar-refractivity contribution in [1.29, 1.82) is 0 Å². The van der Waals surface area contributed by atoms with E-state index in [0.29, 0.717) is 16.3 Å². The summed E-state index contributed by atoms with van der Waals surface area (Å²) in [5.41, 5.74) is -8.84. The topological polar surface area (TPSA) is 603 Å². The zero-order chi connectivity index (χ0) is 84.0. The molecule has 4 rings (SSSR count). The van der Waals surface area contributed by atoms with Crippen molar-refractivity contribution in [3.8, 4) is 0 Å². The van der Waals surface area contributed by atoms with Gasteiger partial charge in [-0.2, -0.15) is 0 Å². The van der Waals surface area contributed by atoms with E-state index in [1.807, 2.05) is 42.5 Å². The number of nitrogens with one attached hydrogen (secondary N) is 4. The number of fused-ring (bicyclic) bond motifs is 2. The molecule has 1 saturated heterocycles. The number of aliphatic carboxylic acids is 10. The third-order valence-corrected chi connectivity index (χ3v) is 17.2. The van der Waals surface area contributed by atoms with Gasteiger partial charge in [0.05, 0.1) is 216 Å². The fourth-order valence-electron chi connectivity index (χ4n) is 11.7. The van der Waals surface area contributed by atoms with E-state index in [2.05, 4.69) is 21.3 Å². The molecule has 0 bridgehead atoms. The van der Waals surface area contributed by atoms with Crippen LogP contribution in [0.4, 0.5) is 4.79 Å². The van der Waals surface area contributed by atoms with E-state index in [1.165, 1.54) is 0 Å². The molecule has 1 heterocycles. The Bertz CT molecular complexity index is 3200. The summed E-state index contributed by atoms with van der Waals surface area (Å²) in [6.07, 6.45) is -6.63. The van der Waals surface area contributed by atoms with Gasteiger partial charge >= 0.3 is 65.7 Å². The molecule has 14 N–H and O–H groups in total. The molecule has 114 heavy (non-hydrogen) atoms. The average Bonchev–Trinajstić information content (AvgIpc) is 1.45. The zero-order valence-electron chi connectivity index (χ0n) is 63.0. The molecule has 1 aliphatic rings. The molecule has 1 atom stereocenters. The fraction of sp³-hybridized carbons (Fsp3) is 0.616. The summed E-state index contributed by atoms with van der Waals surface area (Å²) in [4.78, 5) is 177. The number of ether oxygens (including phenoxy) is 12. The van der Waals surface area contributed by atoms with Crippen LogP contribution in [0.25, 0.3) is 21.5 Å². The molecule has 3 aromatic rings. The van der Waals surface area contributed by atoms with Crippen molar-refractivity contribution in [2.75, 3.05) is 165 Å². The Balaban J connectivity index is 1.88. The number of nitrogens with zero attached hydrogens (tertiary/aromatic N) is 1. The Kier molecular flexibility index (Phi) is 43.2. The summed E-state index contributed by atoms with van der Waals surface area (Å²) in [5, 5.41) is 110. The van der Waals surface area contributed by atoms with Gasteiger partial charge in [-0.05, 0) is 46.0 Å². The maximum absolute atomic E-state index is 15.7. The fourth-order valence-corrected chi connectivity index (χ4v) is 11.7. The molecule has 3 aromatic carbocycles. The summed E-state index contributed by atoms with van der Waals surface area (Å²) in [6.45, 7) is -12.8. The number of likely N-dealkylation sites (tertiary alicyclic amines) is 1. The highest BCUT2D eigenvalue weighted by atomic mass is 16.5. The number of rotatable bonds is 67. The highest BCUT2D eigenvalue weighted by Gasteiger charge is 2.52. The van der Waals surface area contributed by atoms with E-state index in [4.69, 9.17) is 56.8 Å². The molecule has 1 fully saturated rings. The second kappa shape index (κ2) is 51.0. The largest absolute Gasteiger partial charge is 0.481 e. The molecular formula is C73H103N5O36. The van der Waals surface area contributed by atoms with E-state index in [0.717, 1.165) is 15.7 Å². The number of hydrogen-bond acceptors (Lipinski definition) is 26. The molecule has 0 saturated carbocycles. The van der Waals surface area contributed by atoms with Crippen LogP contribution in [0.2, 0.25) is 0 Å². The summed E-state index contributed by atoms with van der Waals surface area (Å²) in [6, 6.07) is 15.4. The molecule has 0 radical (unpaired) electrons. The molecule has 636 valence electrons. The van der Waals surface area contributed by atoms with Crippen LogP contribution >= 0.6 is 0 Å². The Morgan fingerprint density at radius 1 is 0.316 bits per heavy atom. The van der Waals surface area contributed by atoms with Crippen LogP contribution in [0, 0.1) is 0 Å². The van der Waals surface area contributed by atoms with Crippen LogP contribution < -0.4 is 21.3 Å². The maximum Gasteiger partial charge on any atom is 0.330 e. The smallest absolute Gasteiger partial charge is 0.330 e. The molecule has 41 nitrogen and oxygen atoms in total. The summed E-state index contributed by atoms with van der Waals surface area (Å²) in [7, 11) is 0. The summed E-state index contributed by atoms with van der Waals surface area (Å²) >= 11 is 0. The van der Waals surface area contributed by atoms with E-state index >= 15 is 4.79 Å². The van der Waals surface area contributed by atoms with Gasteiger partial charge in [0.15, 0.2) is 0 Å². The van der Waals surface area contributed by atoms with Crippen molar-refractivity contribution >= 4 is 105 Å². The van der Waals surface area contributed by atoms with Gasteiger partial charge in [0.2, 0.25) is 17.7 Å². The van der Waals surface area contributed by atoms with E-state index in [-0.39, 0.29) is 25.8 Å². The summed E-state index contributed by atoms with van der Waals surface area (Å²) < 4.78 is 69.4. The molecule has 5 amide bonds. The van der Waals surface area contributed by atoms with E-state index < -0.39 is 347 Å². The highest BCUT2D eigenvalue weighted by Crippen LogP contribution is 2.39. The van der Waals surface area contributed by atoms with Gasteiger partial charge in [0.1, 0.15) is 27.7 Å². The maximum atomic E-state index is 15.7. The van der Waals surface area contributed by atoms with E-state index in [1.54, 1.807) is 12.1 Å². The summed E-state index contributed by atoms with van der Waals surface area (Å²) in [5.74, 6) is -15.3. The SMILES string of the molecule is O=C(O)CCOCC(COCCC(=O)O)(COCCC(=O)O)NC(=O)CCOCC(COCCC(=O)NC(COCCC(=O)O)(COCCC(=O)O)COCCC(=O)O)(COCCC(=O)NC(COCCC(=O)O)(COCCC(=O)O)COCCC(=O)O)NC(=O)N1CCCC1(Cc1c2ccccc2cc2ccccc12)C(=O)O. The average molecular weight is 1630 g/mol. The minimum Gasteiger partial charge on any atom is -0.481 e. The van der Waals surface area contributed by atoms with Crippen molar-refractivity contribution in [1.82, 2.24) is 26.2 Å². The van der Waals surface area contributed by atoms with Gasteiger partial charge in [-0.3, -0.25) is 57.5 Å². The zero-order valence-corrected chi connectivity index (χ0v) is 63.0. The lowest BCUT2D eigenvalue weighted by atomic mass is 9.84. The predicted molar refractivity (Wildman–Crippen MR) is 389 cm³/mol. The molecule has 1 unspecified atom stereocenters. The van der Waals surface area contributed by atoms with Crippen LogP contribution in [0.1, 0.15) is 95.5 Å². The number of urea groups is 1. The number of amides is 5. The Hall–Kier alpha value is -9.92. The lowest BCUT2D eigenvalue weighted by Gasteiger charge is -2.40. The standard InChI is InChI=1S/C73H103N5O36/c79-55(74-69(38-106-27-13-58(82)83,39-107-28-14-59(84)85)40-108-29-15-60(86)87)10-24-103-47-72(48-104-25-11-56(80)75-70(41-109-30-16-61(88)89,42-110-31-17-62(90)91)43-111-32-18-63(92)93,49-105-26-12-57(81)76-71(44-112-33-19-64(94)95,45-113-34-20-65(96)97)46-114-35-21-66(98)99)77-68(102)78-23-5-22-73(78,67(100)101)37-54-52-8-3-1-6-50(52)36-51-7-2-4-9-53(51)54/h1-4,6-9,36H,5,10-35,37-49H2,(H,74,79)(H,75,80)(H,76,81)(H,77,102)(H,82,83)(H,84,85)(H,86,87)(H,88,89)(H,90,91)(H,92,93)(H,94,95)(H,96,97)(H,98,99)(H,100,101). The van der Waals surface area contributed by atoms with Crippen LogP contribution in [0.3, 0.4) is 0 Å². The lowest BCUT2D eigenvalue weighted by molar-refractivity contribution is -0.148. The Labute approximate surface area is 653 Å². The minimum atomic E-state index is -2.12. The number of carboxylic acids is 10. The quantitative estimate of drug-likeness (QED) is 0.0278. The molecule has 1 aliphatic heterocycles. The van der Waals surface area contributed by atoms with Crippen molar-refractivity contribution < 1.29 is 175 Å². The van der Waals surface area contributed by atoms with Crippen molar-refractivity contribution in [2.45, 2.75) is 124 Å². The Morgan fingerprint density at radius 2 is 0.535 bits per heavy atom. The first-order valence-electron chi connectivity index (χ1n) is 36.3. The molecule has 0 aliphatic carbocycles. The van der Waals surface area contributed by atoms with Gasteiger partial charge in [-0.1, -0.05) is 48.5 Å². The van der Waals surface area contributed by atoms with Gasteiger partial charge in [-0.25, -0.2) is 9.59 Å². The Morgan fingerprint density at radius 3 is 0.763 bits per heavy atom. The van der Waals surface area contributed by atoms with Crippen LogP contribution in [0.15, 0.2) is 54.6 Å². The molecule has 0 spiro atoms. The molecule has 41 heteroatoms. The first-order valence-corrected chi connectivity index (χ1v) is 36.3. The minimum absolute atomic E-state index is 0.0903. The first kappa shape index (κ1) is 96.4. The first-order chi connectivity index (χ1) is 54.3. The van der Waals surface area contributed by atoms with E-state index in [9.17, 15) is 113 Å². The number of carbonyl (C=O) groups excluding carboxylic acids is 4. The second-order valence-corrected chi connectivity index (χ2v) is 26.9. The van der Waals surface area contributed by atoms with Gasteiger partial charge in [0, 0.05) is 32.2 Å². The highest BCUT2D eigenvalue weighted by molar-refractivity contribution is 6.03. The van der Waals surface area contributed by atoms with Gasteiger partial charge in [-0.15, -0.1) is 0 Å². The van der Waals surface area contributed by atoms with Crippen LogP contribution in [-0.4, -0.2) is 332 Å². The van der Waals surface area contributed by atoms with Crippen molar-refractivity contribution in [2.24, 2.45) is 0 Å². The van der Waals surface area contributed by atoms with Crippen LogP contribution in [-0.2, 0) is 126 Å². The molecule has 0 aromatic heterocycles. The number of hydrogen-bond donors (Lipinski definition) is 14. The monoisotopic (exact) mass is 1630 g/mol. The lowest BCUT2D eigenvalue weighted by Crippen LogP contribution is -2.65. The molecular weight excluding hydrogens is 1520 g/mol. The number of carboxylic acid groups (broad SMARTS) is 10. The van der Waals surface area contributed by atoms with Gasteiger partial charge < -0.3 is 134 Å². The predicted octanol–water partition coefficient (Wildman–Crippen LogP) is 1.11. The van der Waals surface area contributed by atoms with Gasteiger partial charge in [0.25, 0.3) is 0 Å². The third kappa shape index (κ3) is 36.9. The van der Waals surface area contributed by atoms with Crippen LogP contribution in [0.5, 0.6) is 0 Å². The number of benzene rings is 3. The van der Waals surface area contributed by atoms with Crippen molar-refractivity contribution in [3.05, 3.63) is 60.2 Å². The second-order valence-electron chi connectivity index (χ2n) is 26.9. The third-order valence-electron chi connectivity index (χ3n) is 17.2.